The van der Waals surface area contributed by atoms with Crippen molar-refractivity contribution < 1.29 is 57.9 Å². The Morgan fingerprint density at radius 3 is 2.12 bits per heavy atom. The van der Waals surface area contributed by atoms with Crippen molar-refractivity contribution in [2.45, 2.75) is 103 Å². The molecule has 0 radical (unpaired) electrons. The number of methoxy groups -OCH3 is 2. The second-order valence-corrected chi connectivity index (χ2v) is 21.7. The molecule has 5 heterocycles. The number of hydrogen-bond acceptors (Lipinski definition) is 15. The summed E-state index contributed by atoms with van der Waals surface area (Å²) < 4.78 is 37.7. The summed E-state index contributed by atoms with van der Waals surface area (Å²) in [5, 5.41) is 22.7. The monoisotopic (exact) mass is 1090 g/mol. The van der Waals surface area contributed by atoms with Crippen LogP contribution in [0, 0.1) is 5.41 Å². The standard InChI is InChI=1S/C62H68N6O12/c1-61(2,60(73)80-68-57(70)17-18-58(68)71)21-25-79-62(3,4)20-22-63-56(69)16-11-23-76-46-27-39(19-24-77-54-33-48-43(31-52(54)74-5)37-66-44(35-64-48)29-41-12-7-9-14-50(41)66)26-40(28-46)38-78-55-34-49-47(32-53(55)75-6)59(72)67-45(36-65-49)30-42-13-8-10-15-51(42)67/h7-10,12-15,17-18,26-28,31-36,44-45,70-71H,11,16,19-25,29-30,37-38H2,1-6H3,(H,63,69). The molecule has 18 nitrogen and oxygen atoms in total. The maximum absolute atomic E-state index is 14.1. The van der Waals surface area contributed by atoms with Crippen LogP contribution in [0.4, 0.5) is 22.7 Å². The van der Waals surface area contributed by atoms with Gasteiger partial charge >= 0.3 is 5.97 Å². The molecule has 418 valence electrons. The highest BCUT2D eigenvalue weighted by atomic mass is 16.7. The summed E-state index contributed by atoms with van der Waals surface area (Å²) in [4.78, 5) is 59.0. The fourth-order valence-corrected chi connectivity index (χ4v) is 10.4. The Bertz CT molecular complexity index is 3330. The van der Waals surface area contributed by atoms with Crippen molar-refractivity contribution in [3.63, 3.8) is 0 Å². The quantitative estimate of drug-likeness (QED) is 0.0512. The molecule has 4 aliphatic heterocycles. The molecule has 0 fully saturated rings. The van der Waals surface area contributed by atoms with Crippen molar-refractivity contribution in [2.24, 2.45) is 15.4 Å². The largest absolute Gasteiger partial charge is 0.494 e. The predicted octanol–water partition coefficient (Wildman–Crippen LogP) is 9.58. The molecule has 2 unspecified atom stereocenters. The van der Waals surface area contributed by atoms with E-state index in [0.29, 0.717) is 96.5 Å². The number of aliphatic imine (C=N–C) groups is 2. The van der Waals surface area contributed by atoms with Crippen molar-refractivity contribution in [3.05, 3.63) is 137 Å². The summed E-state index contributed by atoms with van der Waals surface area (Å²) >= 11 is 0. The lowest BCUT2D eigenvalue weighted by molar-refractivity contribution is -0.157. The van der Waals surface area contributed by atoms with Gasteiger partial charge in [-0.1, -0.05) is 42.5 Å². The molecule has 3 N–H and O–H groups in total. The van der Waals surface area contributed by atoms with Crippen molar-refractivity contribution in [1.82, 2.24) is 10.0 Å². The fraction of sp³-hybridized carbons (Fsp3) is 0.371. The summed E-state index contributed by atoms with van der Waals surface area (Å²) in [6, 6.07) is 32.2. The molecule has 6 aromatic rings. The summed E-state index contributed by atoms with van der Waals surface area (Å²) in [6.45, 7) is 9.25. The molecule has 0 bridgehead atoms. The zero-order valence-electron chi connectivity index (χ0n) is 46.0. The van der Waals surface area contributed by atoms with E-state index in [-0.39, 0.29) is 50.1 Å². The molecule has 2 amide bonds. The molecule has 2 atom stereocenters. The van der Waals surface area contributed by atoms with E-state index < -0.39 is 28.7 Å². The third-order valence-electron chi connectivity index (χ3n) is 15.0. The van der Waals surface area contributed by atoms with Gasteiger partial charge in [0.25, 0.3) is 5.91 Å². The Balaban J connectivity index is 0.767. The van der Waals surface area contributed by atoms with E-state index in [0.717, 1.165) is 40.0 Å². The maximum atomic E-state index is 14.1. The van der Waals surface area contributed by atoms with E-state index in [1.807, 2.05) is 80.9 Å². The number of ether oxygens (including phenoxy) is 6. The highest BCUT2D eigenvalue weighted by Gasteiger charge is 2.37. The van der Waals surface area contributed by atoms with E-state index in [4.69, 9.17) is 43.2 Å². The molecule has 10 rings (SSSR count). The summed E-state index contributed by atoms with van der Waals surface area (Å²) in [5.41, 5.74) is 7.50. The summed E-state index contributed by atoms with van der Waals surface area (Å²) in [7, 11) is 3.19. The molecule has 0 saturated heterocycles. The number of aromatic hydroxyl groups is 2. The topological polar surface area (TPSA) is 204 Å². The van der Waals surface area contributed by atoms with Gasteiger partial charge in [0, 0.05) is 92.6 Å². The van der Waals surface area contributed by atoms with Gasteiger partial charge in [-0.15, -0.1) is 4.73 Å². The zero-order chi connectivity index (χ0) is 56.1. The zero-order valence-corrected chi connectivity index (χ0v) is 46.0. The van der Waals surface area contributed by atoms with E-state index in [2.05, 4.69) is 34.5 Å². The van der Waals surface area contributed by atoms with Crippen molar-refractivity contribution >= 4 is 53.0 Å². The first-order valence-electron chi connectivity index (χ1n) is 27.1. The van der Waals surface area contributed by atoms with Crippen LogP contribution in [0.5, 0.6) is 40.5 Å². The third-order valence-corrected chi connectivity index (χ3v) is 15.0. The first kappa shape index (κ1) is 54.8. The first-order chi connectivity index (χ1) is 38.6. The number of carbonyl (C=O) groups excluding carboxylic acids is 3. The van der Waals surface area contributed by atoms with Crippen LogP contribution in [-0.2, 0) is 46.7 Å². The molecule has 0 spiro atoms. The molecule has 18 heteroatoms. The summed E-state index contributed by atoms with van der Waals surface area (Å²) in [6.07, 6.45) is 7.48. The number of para-hydroxylation sites is 2. The van der Waals surface area contributed by atoms with Crippen LogP contribution in [0.3, 0.4) is 0 Å². The van der Waals surface area contributed by atoms with Gasteiger partial charge in [-0.05, 0) is 112 Å². The first-order valence-corrected chi connectivity index (χ1v) is 27.1. The van der Waals surface area contributed by atoms with Crippen LogP contribution in [0.25, 0.3) is 0 Å². The highest BCUT2D eigenvalue weighted by Crippen LogP contribution is 2.43. The minimum Gasteiger partial charge on any atom is -0.494 e. The van der Waals surface area contributed by atoms with Crippen molar-refractivity contribution in [1.29, 1.82) is 0 Å². The van der Waals surface area contributed by atoms with Crippen LogP contribution in [0.15, 0.2) is 113 Å². The van der Waals surface area contributed by atoms with Crippen molar-refractivity contribution in [2.75, 3.05) is 50.4 Å². The number of anilines is 2. The van der Waals surface area contributed by atoms with Crippen LogP contribution in [0.2, 0.25) is 0 Å². The molecule has 5 aromatic carbocycles. The van der Waals surface area contributed by atoms with Gasteiger partial charge in [-0.25, -0.2) is 4.79 Å². The number of nitrogens with zero attached hydrogens (tertiary/aromatic N) is 5. The molecule has 80 heavy (non-hydrogen) atoms. The molecular weight excluding hydrogens is 1020 g/mol. The smallest absolute Gasteiger partial charge is 0.338 e. The highest BCUT2D eigenvalue weighted by molar-refractivity contribution is 6.14. The number of hydrogen-bond donors (Lipinski definition) is 3. The number of benzene rings is 5. The Kier molecular flexibility index (Phi) is 16.1. The van der Waals surface area contributed by atoms with E-state index in [1.165, 1.54) is 23.4 Å². The second kappa shape index (κ2) is 23.4. The normalized spacial score (nSPS) is 15.8. The van der Waals surface area contributed by atoms with Gasteiger partial charge in [-0.2, -0.15) is 0 Å². The number of amides is 2. The maximum Gasteiger partial charge on any atom is 0.338 e. The number of carbonyl (C=O) groups is 3. The Morgan fingerprint density at radius 2 is 1.35 bits per heavy atom. The van der Waals surface area contributed by atoms with Crippen LogP contribution >= 0.6 is 0 Å². The van der Waals surface area contributed by atoms with E-state index in [9.17, 15) is 24.6 Å². The van der Waals surface area contributed by atoms with Crippen LogP contribution < -0.4 is 43.6 Å². The lowest BCUT2D eigenvalue weighted by Gasteiger charge is -2.28. The fourth-order valence-electron chi connectivity index (χ4n) is 10.4. The lowest BCUT2D eigenvalue weighted by Crippen LogP contribution is -2.37. The minimum atomic E-state index is -0.983. The Morgan fingerprint density at radius 1 is 0.688 bits per heavy atom. The van der Waals surface area contributed by atoms with Crippen LogP contribution in [0.1, 0.15) is 91.6 Å². The van der Waals surface area contributed by atoms with E-state index in [1.54, 1.807) is 45.1 Å². The number of nitrogens with one attached hydrogen (secondary N) is 1. The molecule has 1 aromatic heterocycles. The number of fused-ring (bicyclic) bond motifs is 8. The third kappa shape index (κ3) is 12.2. The van der Waals surface area contributed by atoms with Gasteiger partial charge in [0.15, 0.2) is 23.0 Å². The Labute approximate surface area is 465 Å². The molecule has 0 saturated carbocycles. The second-order valence-electron chi connectivity index (χ2n) is 21.7. The van der Waals surface area contributed by atoms with Crippen molar-refractivity contribution in [3.8, 4) is 40.5 Å². The van der Waals surface area contributed by atoms with E-state index >= 15 is 0 Å². The van der Waals surface area contributed by atoms with Gasteiger partial charge in [0.1, 0.15) is 12.4 Å². The Hall–Kier alpha value is -8.51. The van der Waals surface area contributed by atoms with Gasteiger partial charge in [-0.3, -0.25) is 24.5 Å². The average molecular weight is 1090 g/mol. The number of rotatable bonds is 23. The minimum absolute atomic E-state index is 0.125. The SMILES string of the molecule is COc1cc2c(cc1OCCc1cc(COc3cc4c(cc3OC)C(=O)N3c5ccccc5CC3C=N4)cc(OCCCC(=O)NCCC(C)(C)OCCC(C)(C)C(=O)On3c(O)ccc3O)c1)N=CC1Cc3ccccc3N1C2. The predicted molar refractivity (Wildman–Crippen MR) is 303 cm³/mol. The van der Waals surface area contributed by atoms with Gasteiger partial charge in [0.05, 0.1) is 67.5 Å². The lowest BCUT2D eigenvalue weighted by atomic mass is 9.90. The molecule has 0 aliphatic carbocycles. The average Bonchev–Trinajstić information content (AvgIpc) is 4.04. The van der Waals surface area contributed by atoms with Gasteiger partial charge in [0.2, 0.25) is 17.7 Å². The number of aromatic nitrogens is 1. The molecular formula is C62H68N6O12. The van der Waals surface area contributed by atoms with Gasteiger partial charge < -0.3 is 53.7 Å². The van der Waals surface area contributed by atoms with Crippen LogP contribution in [-0.4, -0.2) is 103 Å². The molecule has 4 aliphatic rings. The summed E-state index contributed by atoms with van der Waals surface area (Å²) in [5.74, 6) is 0.927.